The van der Waals surface area contributed by atoms with E-state index in [9.17, 15) is 5.11 Å². The molecular formula is C15H21N3O. The summed E-state index contributed by atoms with van der Waals surface area (Å²) in [5, 5.41) is 14.3. The van der Waals surface area contributed by atoms with E-state index in [0.717, 1.165) is 31.6 Å². The third-order valence-electron chi connectivity index (χ3n) is 4.35. The quantitative estimate of drug-likeness (QED) is 0.771. The zero-order valence-electron chi connectivity index (χ0n) is 11.2. The summed E-state index contributed by atoms with van der Waals surface area (Å²) in [6.45, 7) is 2.03. The van der Waals surface area contributed by atoms with Gasteiger partial charge in [0.05, 0.1) is 0 Å². The smallest absolute Gasteiger partial charge is 0.137 e. The Morgan fingerprint density at radius 3 is 3.00 bits per heavy atom. The molecule has 1 saturated carbocycles. The highest BCUT2D eigenvalue weighted by atomic mass is 16.3. The fourth-order valence-corrected chi connectivity index (χ4v) is 3.14. The van der Waals surface area contributed by atoms with Gasteiger partial charge in [0.2, 0.25) is 0 Å². The highest BCUT2D eigenvalue weighted by molar-refractivity contribution is 5.79. The molecule has 2 aromatic rings. The zero-order valence-corrected chi connectivity index (χ0v) is 11.2. The summed E-state index contributed by atoms with van der Waals surface area (Å²) in [6.07, 6.45) is 8.61. The highest BCUT2D eigenvalue weighted by Crippen LogP contribution is 2.36. The van der Waals surface area contributed by atoms with Gasteiger partial charge in [-0.15, -0.1) is 0 Å². The Morgan fingerprint density at radius 2 is 2.21 bits per heavy atom. The molecule has 0 saturated heterocycles. The van der Waals surface area contributed by atoms with Crippen molar-refractivity contribution in [3.63, 3.8) is 0 Å². The Labute approximate surface area is 113 Å². The number of aromatic amines is 1. The summed E-state index contributed by atoms with van der Waals surface area (Å²) < 4.78 is 0. The lowest BCUT2D eigenvalue weighted by atomic mass is 9.87. The Kier molecular flexibility index (Phi) is 3.53. The van der Waals surface area contributed by atoms with Crippen LogP contribution in [0.25, 0.3) is 11.0 Å². The fraction of sp³-hybridized carbons (Fsp3) is 0.533. The first-order chi connectivity index (χ1) is 9.33. The molecule has 3 rings (SSSR count). The van der Waals surface area contributed by atoms with Gasteiger partial charge in [-0.1, -0.05) is 12.8 Å². The number of hydrogen-bond acceptors (Lipinski definition) is 3. The number of aliphatic hydroxyl groups excluding tert-OH is 1. The number of fused-ring (bicyclic) bond motifs is 1. The third kappa shape index (κ3) is 2.51. The Balaban J connectivity index is 1.63. The van der Waals surface area contributed by atoms with E-state index in [-0.39, 0.29) is 5.41 Å². The number of nitrogens with zero attached hydrogens (tertiary/aromatic N) is 1. The van der Waals surface area contributed by atoms with Crippen LogP contribution in [0.2, 0.25) is 0 Å². The molecule has 1 aliphatic carbocycles. The number of aliphatic hydroxyl groups is 1. The summed E-state index contributed by atoms with van der Waals surface area (Å²) >= 11 is 0. The van der Waals surface area contributed by atoms with Gasteiger partial charge >= 0.3 is 0 Å². The first kappa shape index (κ1) is 12.6. The number of pyridine rings is 1. The van der Waals surface area contributed by atoms with E-state index in [1.165, 1.54) is 23.8 Å². The van der Waals surface area contributed by atoms with Crippen LogP contribution >= 0.6 is 0 Å². The minimum Gasteiger partial charge on any atom is -0.396 e. The van der Waals surface area contributed by atoms with Crippen LogP contribution in [0.5, 0.6) is 0 Å². The summed E-state index contributed by atoms with van der Waals surface area (Å²) in [5.41, 5.74) is 2.30. The SMILES string of the molecule is OCC1(CNCc2c[nH]c3ncccc23)CCCC1. The van der Waals surface area contributed by atoms with Gasteiger partial charge < -0.3 is 15.4 Å². The van der Waals surface area contributed by atoms with E-state index >= 15 is 0 Å². The molecule has 4 nitrogen and oxygen atoms in total. The van der Waals surface area contributed by atoms with Crippen molar-refractivity contribution in [2.75, 3.05) is 13.2 Å². The van der Waals surface area contributed by atoms with Gasteiger partial charge in [0, 0.05) is 42.9 Å². The van der Waals surface area contributed by atoms with Gasteiger partial charge in [0.25, 0.3) is 0 Å². The number of nitrogens with one attached hydrogen (secondary N) is 2. The van der Waals surface area contributed by atoms with Gasteiger partial charge in [-0.2, -0.15) is 0 Å². The van der Waals surface area contributed by atoms with Crippen LogP contribution in [0.1, 0.15) is 31.2 Å². The van der Waals surface area contributed by atoms with Gasteiger partial charge in [0.1, 0.15) is 5.65 Å². The van der Waals surface area contributed by atoms with E-state index in [1.54, 1.807) is 6.20 Å². The Morgan fingerprint density at radius 1 is 1.37 bits per heavy atom. The van der Waals surface area contributed by atoms with Crippen LogP contribution in [0, 0.1) is 5.41 Å². The predicted octanol–water partition coefficient (Wildman–Crippen LogP) is 2.21. The number of aromatic nitrogens is 2. The topological polar surface area (TPSA) is 60.9 Å². The van der Waals surface area contributed by atoms with Crippen LogP contribution in [-0.4, -0.2) is 28.2 Å². The molecule has 4 heteroatoms. The Bertz CT molecular complexity index is 543. The first-order valence-corrected chi connectivity index (χ1v) is 7.06. The molecule has 2 aromatic heterocycles. The molecule has 2 heterocycles. The maximum atomic E-state index is 9.59. The lowest BCUT2D eigenvalue weighted by Crippen LogP contribution is -2.34. The molecule has 1 aliphatic rings. The van der Waals surface area contributed by atoms with Crippen molar-refractivity contribution in [3.8, 4) is 0 Å². The second-order valence-corrected chi connectivity index (χ2v) is 5.68. The summed E-state index contributed by atoms with van der Waals surface area (Å²) in [6, 6.07) is 4.05. The molecule has 0 amide bonds. The summed E-state index contributed by atoms with van der Waals surface area (Å²) in [7, 11) is 0. The first-order valence-electron chi connectivity index (χ1n) is 7.06. The van der Waals surface area contributed by atoms with Gasteiger partial charge in [0.15, 0.2) is 0 Å². The van der Waals surface area contributed by atoms with Crippen molar-refractivity contribution in [3.05, 3.63) is 30.1 Å². The van der Waals surface area contributed by atoms with Crippen molar-refractivity contribution in [2.45, 2.75) is 32.2 Å². The van der Waals surface area contributed by atoms with Crippen LogP contribution in [0.3, 0.4) is 0 Å². The van der Waals surface area contributed by atoms with Crippen LogP contribution < -0.4 is 5.32 Å². The standard InChI is InChI=1S/C15H21N3O/c19-11-15(5-1-2-6-15)10-16-8-12-9-18-14-13(12)4-3-7-17-14/h3-4,7,9,16,19H,1-2,5-6,8,10-11H2,(H,17,18). The minimum absolute atomic E-state index is 0.115. The van der Waals surface area contributed by atoms with Gasteiger partial charge in [-0.05, 0) is 30.5 Å². The summed E-state index contributed by atoms with van der Waals surface area (Å²) in [4.78, 5) is 7.48. The van der Waals surface area contributed by atoms with Crippen molar-refractivity contribution < 1.29 is 5.11 Å². The Hall–Kier alpha value is -1.39. The van der Waals surface area contributed by atoms with Crippen LogP contribution in [0.4, 0.5) is 0 Å². The van der Waals surface area contributed by atoms with Gasteiger partial charge in [-0.25, -0.2) is 4.98 Å². The van der Waals surface area contributed by atoms with E-state index in [0.29, 0.717) is 6.61 Å². The average Bonchev–Trinajstić information content (AvgIpc) is 3.07. The van der Waals surface area contributed by atoms with Crippen molar-refractivity contribution >= 4 is 11.0 Å². The summed E-state index contributed by atoms with van der Waals surface area (Å²) in [5.74, 6) is 0. The van der Waals surface area contributed by atoms with Crippen molar-refractivity contribution in [2.24, 2.45) is 5.41 Å². The van der Waals surface area contributed by atoms with Crippen LogP contribution in [-0.2, 0) is 6.54 Å². The maximum absolute atomic E-state index is 9.59. The normalized spacial score (nSPS) is 18.2. The molecule has 0 aliphatic heterocycles. The molecule has 3 N–H and O–H groups in total. The molecule has 0 spiro atoms. The molecule has 0 radical (unpaired) electrons. The largest absolute Gasteiger partial charge is 0.396 e. The third-order valence-corrected chi connectivity index (χ3v) is 4.35. The average molecular weight is 259 g/mol. The van der Waals surface area contributed by atoms with E-state index in [2.05, 4.69) is 21.4 Å². The van der Waals surface area contributed by atoms with E-state index in [1.807, 2.05) is 12.3 Å². The van der Waals surface area contributed by atoms with Crippen molar-refractivity contribution in [1.82, 2.24) is 15.3 Å². The van der Waals surface area contributed by atoms with E-state index < -0.39 is 0 Å². The lowest BCUT2D eigenvalue weighted by molar-refractivity contribution is 0.128. The number of hydrogen-bond donors (Lipinski definition) is 3. The minimum atomic E-state index is 0.115. The molecule has 0 aromatic carbocycles. The number of rotatable bonds is 5. The second kappa shape index (κ2) is 5.31. The van der Waals surface area contributed by atoms with Crippen LogP contribution in [0.15, 0.2) is 24.5 Å². The lowest BCUT2D eigenvalue weighted by Gasteiger charge is -2.26. The zero-order chi connectivity index (χ0) is 13.1. The molecule has 0 unspecified atom stereocenters. The molecule has 1 fully saturated rings. The van der Waals surface area contributed by atoms with Crippen molar-refractivity contribution in [1.29, 1.82) is 0 Å². The molecule has 19 heavy (non-hydrogen) atoms. The monoisotopic (exact) mass is 259 g/mol. The molecular weight excluding hydrogens is 238 g/mol. The molecule has 0 atom stereocenters. The number of H-pyrrole nitrogens is 1. The maximum Gasteiger partial charge on any atom is 0.137 e. The highest BCUT2D eigenvalue weighted by Gasteiger charge is 2.32. The molecule has 0 bridgehead atoms. The van der Waals surface area contributed by atoms with E-state index in [4.69, 9.17) is 0 Å². The fourth-order valence-electron chi connectivity index (χ4n) is 3.14. The second-order valence-electron chi connectivity index (χ2n) is 5.68. The molecule has 102 valence electrons. The van der Waals surface area contributed by atoms with Gasteiger partial charge in [-0.3, -0.25) is 0 Å². The predicted molar refractivity (Wildman–Crippen MR) is 75.8 cm³/mol.